The lowest BCUT2D eigenvalue weighted by Gasteiger charge is -2.05. The zero-order chi connectivity index (χ0) is 14.3. The molecule has 1 aromatic carbocycles. The van der Waals surface area contributed by atoms with E-state index in [1.165, 1.54) is 31.4 Å². The second-order valence-corrected chi connectivity index (χ2v) is 3.54. The first-order valence-electron chi connectivity index (χ1n) is 5.39. The van der Waals surface area contributed by atoms with Gasteiger partial charge in [-0.1, -0.05) is 0 Å². The van der Waals surface area contributed by atoms with Gasteiger partial charge in [-0.2, -0.15) is 0 Å². The molecule has 0 fully saturated rings. The largest absolute Gasteiger partial charge is 0.352 e. The Morgan fingerprint density at radius 3 is 2.47 bits per heavy atom. The molecule has 19 heavy (non-hydrogen) atoms. The molecule has 2 N–H and O–H groups in total. The summed E-state index contributed by atoms with van der Waals surface area (Å²) in [4.78, 5) is 36.9. The van der Waals surface area contributed by atoms with Crippen LogP contribution in [-0.2, 0) is 9.63 Å². The standard InChI is InChI=1S/C11H13N3O5/c1-19-13-10(15)6-7-12-11(16)8-2-4-9(5-3-8)14(17)18/h2-5H,6-7H2,1H3,(H,12,16)(H,13,15). The number of nitro groups is 1. The summed E-state index contributed by atoms with van der Waals surface area (Å²) in [5.74, 6) is -0.758. The van der Waals surface area contributed by atoms with Crippen LogP contribution in [0.15, 0.2) is 24.3 Å². The number of carbonyl (C=O) groups excluding carboxylic acids is 2. The molecular weight excluding hydrogens is 254 g/mol. The van der Waals surface area contributed by atoms with Gasteiger partial charge in [0.1, 0.15) is 0 Å². The van der Waals surface area contributed by atoms with Crippen LogP contribution in [0.2, 0.25) is 0 Å². The maximum Gasteiger partial charge on any atom is 0.269 e. The summed E-state index contributed by atoms with van der Waals surface area (Å²) >= 11 is 0. The third-order valence-corrected chi connectivity index (χ3v) is 2.19. The average molecular weight is 267 g/mol. The summed E-state index contributed by atoms with van der Waals surface area (Å²) < 4.78 is 0. The molecule has 0 saturated heterocycles. The van der Waals surface area contributed by atoms with Crippen molar-refractivity contribution >= 4 is 17.5 Å². The van der Waals surface area contributed by atoms with Gasteiger partial charge in [0.25, 0.3) is 11.6 Å². The third-order valence-electron chi connectivity index (χ3n) is 2.19. The predicted octanol–water partition coefficient (Wildman–Crippen LogP) is 0.392. The number of nitro benzene ring substituents is 1. The first kappa shape index (κ1) is 14.6. The van der Waals surface area contributed by atoms with Crippen LogP contribution in [0.5, 0.6) is 0 Å². The van der Waals surface area contributed by atoms with E-state index in [4.69, 9.17) is 0 Å². The molecule has 0 heterocycles. The number of hydrogen-bond acceptors (Lipinski definition) is 5. The van der Waals surface area contributed by atoms with Gasteiger partial charge in [-0.15, -0.1) is 0 Å². The van der Waals surface area contributed by atoms with Crippen LogP contribution in [0.25, 0.3) is 0 Å². The molecule has 2 amide bonds. The van der Waals surface area contributed by atoms with Crippen molar-refractivity contribution < 1.29 is 19.3 Å². The van der Waals surface area contributed by atoms with Gasteiger partial charge in [0.05, 0.1) is 12.0 Å². The molecule has 0 bridgehead atoms. The molecule has 0 aliphatic carbocycles. The summed E-state index contributed by atoms with van der Waals surface area (Å²) in [6.45, 7) is 0.144. The molecule has 0 unspecified atom stereocenters. The van der Waals surface area contributed by atoms with E-state index in [1.54, 1.807) is 0 Å². The average Bonchev–Trinajstić information content (AvgIpc) is 2.39. The molecule has 102 valence electrons. The summed E-state index contributed by atoms with van der Waals surface area (Å²) in [5, 5.41) is 13.0. The van der Waals surface area contributed by atoms with Gasteiger partial charge in [-0.25, -0.2) is 5.48 Å². The van der Waals surface area contributed by atoms with Crippen molar-refractivity contribution in [3.05, 3.63) is 39.9 Å². The fourth-order valence-electron chi connectivity index (χ4n) is 1.29. The number of hydroxylamine groups is 1. The Balaban J connectivity index is 2.45. The number of benzene rings is 1. The number of non-ortho nitro benzene ring substituents is 1. The van der Waals surface area contributed by atoms with Crippen LogP contribution in [0.1, 0.15) is 16.8 Å². The van der Waals surface area contributed by atoms with Gasteiger partial charge in [0.15, 0.2) is 0 Å². The second-order valence-electron chi connectivity index (χ2n) is 3.54. The SMILES string of the molecule is CONC(=O)CCNC(=O)c1ccc([N+](=O)[O-])cc1. The molecule has 0 radical (unpaired) electrons. The Kier molecular flexibility index (Phi) is 5.42. The van der Waals surface area contributed by atoms with E-state index >= 15 is 0 Å². The molecule has 1 aromatic rings. The summed E-state index contributed by atoms with van der Waals surface area (Å²) in [6, 6.07) is 5.18. The summed E-state index contributed by atoms with van der Waals surface area (Å²) in [6.07, 6.45) is 0.0760. The van der Waals surface area contributed by atoms with Crippen molar-refractivity contribution in [3.63, 3.8) is 0 Å². The molecule has 0 saturated carbocycles. The zero-order valence-electron chi connectivity index (χ0n) is 10.2. The van der Waals surface area contributed by atoms with Crippen molar-refractivity contribution in [3.8, 4) is 0 Å². The molecule has 0 spiro atoms. The first-order chi connectivity index (χ1) is 9.04. The lowest BCUT2D eigenvalue weighted by Crippen LogP contribution is -2.30. The Morgan fingerprint density at radius 2 is 1.95 bits per heavy atom. The highest BCUT2D eigenvalue weighted by molar-refractivity contribution is 5.94. The van der Waals surface area contributed by atoms with Crippen LogP contribution in [-0.4, -0.2) is 30.4 Å². The van der Waals surface area contributed by atoms with Crippen LogP contribution in [0.4, 0.5) is 5.69 Å². The van der Waals surface area contributed by atoms with Crippen LogP contribution in [0, 0.1) is 10.1 Å². The van der Waals surface area contributed by atoms with Crippen LogP contribution < -0.4 is 10.8 Å². The van der Waals surface area contributed by atoms with E-state index in [9.17, 15) is 19.7 Å². The monoisotopic (exact) mass is 267 g/mol. The Hall–Kier alpha value is -2.48. The number of rotatable bonds is 6. The molecule has 0 aromatic heterocycles. The third kappa shape index (κ3) is 4.72. The van der Waals surface area contributed by atoms with Gasteiger partial charge < -0.3 is 5.32 Å². The lowest BCUT2D eigenvalue weighted by molar-refractivity contribution is -0.384. The topological polar surface area (TPSA) is 111 Å². The molecule has 8 nitrogen and oxygen atoms in total. The predicted molar refractivity (Wildman–Crippen MR) is 65.2 cm³/mol. The number of amides is 2. The van der Waals surface area contributed by atoms with Crippen LogP contribution in [0.3, 0.4) is 0 Å². The van der Waals surface area contributed by atoms with Crippen molar-refractivity contribution in [1.82, 2.24) is 10.8 Å². The van der Waals surface area contributed by atoms with E-state index in [0.717, 1.165) is 0 Å². The minimum Gasteiger partial charge on any atom is -0.352 e. The number of hydrogen-bond donors (Lipinski definition) is 2. The van der Waals surface area contributed by atoms with Crippen molar-refractivity contribution in [2.24, 2.45) is 0 Å². The Morgan fingerprint density at radius 1 is 1.32 bits per heavy atom. The number of nitrogens with zero attached hydrogens (tertiary/aromatic N) is 1. The van der Waals surface area contributed by atoms with E-state index in [0.29, 0.717) is 0 Å². The van der Waals surface area contributed by atoms with E-state index in [2.05, 4.69) is 15.6 Å². The molecule has 1 rings (SSSR count). The number of nitrogens with one attached hydrogen (secondary N) is 2. The zero-order valence-corrected chi connectivity index (χ0v) is 10.2. The van der Waals surface area contributed by atoms with Gasteiger partial charge >= 0.3 is 0 Å². The van der Waals surface area contributed by atoms with Gasteiger partial charge in [0.2, 0.25) is 5.91 Å². The van der Waals surface area contributed by atoms with E-state index in [1.807, 2.05) is 0 Å². The second kappa shape index (κ2) is 7.07. The van der Waals surface area contributed by atoms with E-state index < -0.39 is 10.8 Å². The van der Waals surface area contributed by atoms with Gasteiger partial charge in [0, 0.05) is 30.7 Å². The normalized spacial score (nSPS) is 9.74. The molecule has 0 aliphatic rings. The lowest BCUT2D eigenvalue weighted by atomic mass is 10.2. The fourth-order valence-corrected chi connectivity index (χ4v) is 1.29. The van der Waals surface area contributed by atoms with E-state index in [-0.39, 0.29) is 30.1 Å². The summed E-state index contributed by atoms with van der Waals surface area (Å²) in [5.41, 5.74) is 2.32. The molecule has 8 heteroatoms. The molecule has 0 aliphatic heterocycles. The minimum atomic E-state index is -0.545. The minimum absolute atomic E-state index is 0.0760. The van der Waals surface area contributed by atoms with Crippen molar-refractivity contribution in [2.45, 2.75) is 6.42 Å². The van der Waals surface area contributed by atoms with Crippen LogP contribution >= 0.6 is 0 Å². The Bertz CT molecular complexity index is 472. The number of carbonyl (C=O) groups is 2. The maximum absolute atomic E-state index is 11.6. The highest BCUT2D eigenvalue weighted by atomic mass is 16.6. The molecule has 0 atom stereocenters. The van der Waals surface area contributed by atoms with Crippen molar-refractivity contribution in [1.29, 1.82) is 0 Å². The maximum atomic E-state index is 11.6. The Labute approximate surface area is 108 Å². The smallest absolute Gasteiger partial charge is 0.269 e. The molecular formula is C11H13N3O5. The van der Waals surface area contributed by atoms with Gasteiger partial charge in [-0.3, -0.25) is 24.5 Å². The fraction of sp³-hybridized carbons (Fsp3) is 0.273. The first-order valence-corrected chi connectivity index (χ1v) is 5.39. The van der Waals surface area contributed by atoms with Crippen molar-refractivity contribution in [2.75, 3.05) is 13.7 Å². The quantitative estimate of drug-likeness (QED) is 0.572. The highest BCUT2D eigenvalue weighted by Crippen LogP contribution is 2.11. The summed E-state index contributed by atoms with van der Waals surface area (Å²) in [7, 11) is 1.31. The van der Waals surface area contributed by atoms with Gasteiger partial charge in [-0.05, 0) is 12.1 Å². The highest BCUT2D eigenvalue weighted by Gasteiger charge is 2.09.